The first-order valence-electron chi connectivity index (χ1n) is 6.17. The number of hydrazine groups is 1. The molecule has 0 aliphatic carbocycles. The van der Waals surface area contributed by atoms with E-state index in [1.54, 1.807) is 0 Å². The third-order valence-electron chi connectivity index (χ3n) is 2.80. The summed E-state index contributed by atoms with van der Waals surface area (Å²) in [6, 6.07) is 11.1. The Bertz CT molecular complexity index is 755. The van der Waals surface area contributed by atoms with E-state index in [4.69, 9.17) is 9.84 Å². The Morgan fingerprint density at radius 3 is 2.18 bits per heavy atom. The van der Waals surface area contributed by atoms with E-state index < -0.39 is 15.9 Å². The van der Waals surface area contributed by atoms with Crippen LogP contribution >= 0.6 is 0 Å². The Hall–Kier alpha value is -2.58. The first-order valence-corrected chi connectivity index (χ1v) is 7.66. The average molecular weight is 322 g/mol. The molecule has 0 radical (unpaired) electrons. The van der Waals surface area contributed by atoms with Crippen molar-refractivity contribution in [2.24, 2.45) is 0 Å². The number of aromatic hydroxyl groups is 1. The third kappa shape index (κ3) is 3.74. The fraction of sp³-hybridized carbons (Fsp3) is 0.0714. The summed E-state index contributed by atoms with van der Waals surface area (Å²) in [4.78, 5) is 13.8. The van der Waals surface area contributed by atoms with Gasteiger partial charge in [0.05, 0.1) is 12.0 Å². The molecule has 8 heteroatoms. The first-order chi connectivity index (χ1) is 10.4. The van der Waals surface area contributed by atoms with Gasteiger partial charge in [-0.3, -0.25) is 10.2 Å². The second-order valence-corrected chi connectivity index (χ2v) is 5.96. The van der Waals surface area contributed by atoms with Gasteiger partial charge in [0, 0.05) is 5.56 Å². The Morgan fingerprint density at radius 2 is 1.64 bits per heavy atom. The molecule has 0 bridgehead atoms. The number of carbonyl (C=O) groups is 1. The summed E-state index contributed by atoms with van der Waals surface area (Å²) < 4.78 is 29.0. The van der Waals surface area contributed by atoms with E-state index in [1.807, 2.05) is 4.83 Å². The van der Waals surface area contributed by atoms with Gasteiger partial charge in [-0.05, 0) is 48.5 Å². The van der Waals surface area contributed by atoms with Crippen molar-refractivity contribution >= 4 is 15.9 Å². The van der Waals surface area contributed by atoms with Gasteiger partial charge in [0.1, 0.15) is 11.5 Å². The van der Waals surface area contributed by atoms with Crippen LogP contribution in [0.2, 0.25) is 0 Å². The van der Waals surface area contributed by atoms with Gasteiger partial charge in [-0.25, -0.2) is 8.42 Å². The van der Waals surface area contributed by atoms with E-state index in [2.05, 4.69) is 5.43 Å². The van der Waals surface area contributed by atoms with E-state index in [0.717, 1.165) is 0 Å². The predicted molar refractivity (Wildman–Crippen MR) is 78.9 cm³/mol. The van der Waals surface area contributed by atoms with Crippen molar-refractivity contribution in [3.8, 4) is 11.5 Å². The van der Waals surface area contributed by atoms with Gasteiger partial charge in [-0.1, -0.05) is 0 Å². The zero-order valence-electron chi connectivity index (χ0n) is 11.6. The summed E-state index contributed by atoms with van der Waals surface area (Å²) in [5, 5.41) is 9.14. The minimum absolute atomic E-state index is 0.00960. The largest absolute Gasteiger partial charge is 0.508 e. The van der Waals surface area contributed by atoms with Gasteiger partial charge in [-0.2, -0.15) is 0 Å². The van der Waals surface area contributed by atoms with Gasteiger partial charge >= 0.3 is 0 Å². The highest BCUT2D eigenvalue weighted by Gasteiger charge is 2.15. The zero-order chi connectivity index (χ0) is 16.2. The van der Waals surface area contributed by atoms with Crippen molar-refractivity contribution in [1.29, 1.82) is 0 Å². The maximum atomic E-state index is 12.0. The Morgan fingerprint density at radius 1 is 1.05 bits per heavy atom. The molecule has 2 aromatic rings. The SMILES string of the molecule is COc1ccc(S(=O)(=O)NNC(=O)c2ccc(O)cc2)cc1. The minimum Gasteiger partial charge on any atom is -0.508 e. The summed E-state index contributed by atoms with van der Waals surface area (Å²) in [7, 11) is -2.41. The summed E-state index contributed by atoms with van der Waals surface area (Å²) in [6.45, 7) is 0. The number of phenols is 1. The topological polar surface area (TPSA) is 105 Å². The number of hydrogen-bond acceptors (Lipinski definition) is 5. The number of benzene rings is 2. The second-order valence-electron chi connectivity index (χ2n) is 4.28. The lowest BCUT2D eigenvalue weighted by Crippen LogP contribution is -2.41. The van der Waals surface area contributed by atoms with E-state index in [-0.39, 0.29) is 16.2 Å². The van der Waals surface area contributed by atoms with Crippen LogP contribution in [0.3, 0.4) is 0 Å². The number of phenolic OH excluding ortho intramolecular Hbond substituents is 1. The summed E-state index contributed by atoms with van der Waals surface area (Å²) in [6.07, 6.45) is 0. The summed E-state index contributed by atoms with van der Waals surface area (Å²) in [5.74, 6) is -0.112. The highest BCUT2D eigenvalue weighted by atomic mass is 32.2. The molecule has 3 N–H and O–H groups in total. The fourth-order valence-electron chi connectivity index (χ4n) is 1.61. The van der Waals surface area contributed by atoms with Crippen LogP contribution < -0.4 is 15.0 Å². The predicted octanol–water partition coefficient (Wildman–Crippen LogP) is 1.02. The number of amides is 1. The molecule has 0 saturated heterocycles. The number of hydrogen-bond donors (Lipinski definition) is 3. The zero-order valence-corrected chi connectivity index (χ0v) is 12.4. The van der Waals surface area contributed by atoms with Crippen molar-refractivity contribution in [2.75, 3.05) is 7.11 Å². The van der Waals surface area contributed by atoms with Crippen molar-refractivity contribution in [2.45, 2.75) is 4.90 Å². The number of rotatable bonds is 5. The first kappa shape index (κ1) is 15.8. The maximum Gasteiger partial charge on any atom is 0.266 e. The molecular weight excluding hydrogens is 308 g/mol. The van der Waals surface area contributed by atoms with Crippen LogP contribution in [0.25, 0.3) is 0 Å². The van der Waals surface area contributed by atoms with E-state index in [9.17, 15) is 13.2 Å². The monoisotopic (exact) mass is 322 g/mol. The average Bonchev–Trinajstić information content (AvgIpc) is 2.53. The van der Waals surface area contributed by atoms with Crippen LogP contribution in [0.4, 0.5) is 0 Å². The molecule has 0 unspecified atom stereocenters. The molecule has 0 aliphatic heterocycles. The van der Waals surface area contributed by atoms with Crippen LogP contribution in [0.5, 0.6) is 11.5 Å². The molecule has 0 aliphatic rings. The number of ether oxygens (including phenoxy) is 1. The molecule has 2 aromatic carbocycles. The molecule has 7 nitrogen and oxygen atoms in total. The Balaban J connectivity index is 2.05. The summed E-state index contributed by atoms with van der Waals surface area (Å²) in [5.41, 5.74) is 2.30. The van der Waals surface area contributed by atoms with Crippen LogP contribution in [-0.2, 0) is 10.0 Å². The lowest BCUT2D eigenvalue weighted by molar-refractivity contribution is 0.0945. The van der Waals surface area contributed by atoms with Crippen LogP contribution in [-0.4, -0.2) is 26.5 Å². The molecule has 116 valence electrons. The number of nitrogens with one attached hydrogen (secondary N) is 2. The molecule has 0 heterocycles. The minimum atomic E-state index is -3.88. The number of sulfonamides is 1. The van der Waals surface area contributed by atoms with E-state index in [0.29, 0.717) is 5.75 Å². The van der Waals surface area contributed by atoms with Gasteiger partial charge in [0.2, 0.25) is 0 Å². The molecule has 0 atom stereocenters. The molecule has 0 aromatic heterocycles. The second kappa shape index (κ2) is 6.46. The van der Waals surface area contributed by atoms with Gasteiger partial charge in [0.15, 0.2) is 0 Å². The maximum absolute atomic E-state index is 12.0. The van der Waals surface area contributed by atoms with Crippen LogP contribution in [0.1, 0.15) is 10.4 Å². The van der Waals surface area contributed by atoms with E-state index in [1.165, 1.54) is 55.6 Å². The standard InChI is InChI=1S/C14H14N2O5S/c1-21-12-6-8-13(9-7-12)22(19,20)16-15-14(18)10-2-4-11(17)5-3-10/h2-9,16-17H,1H3,(H,15,18). The normalized spacial score (nSPS) is 11.0. The smallest absolute Gasteiger partial charge is 0.266 e. The van der Waals surface area contributed by atoms with Crippen molar-refractivity contribution < 1.29 is 23.1 Å². The quantitative estimate of drug-likeness (QED) is 0.713. The number of methoxy groups -OCH3 is 1. The Labute approximate surface area is 127 Å². The number of carbonyl (C=O) groups excluding carboxylic acids is 1. The molecule has 0 saturated carbocycles. The highest BCUT2D eigenvalue weighted by Crippen LogP contribution is 2.15. The summed E-state index contributed by atoms with van der Waals surface area (Å²) >= 11 is 0. The van der Waals surface area contributed by atoms with Gasteiger partial charge in [0.25, 0.3) is 15.9 Å². The van der Waals surface area contributed by atoms with Crippen LogP contribution in [0, 0.1) is 0 Å². The Kier molecular flexibility index (Phi) is 4.64. The fourth-order valence-corrected chi connectivity index (χ4v) is 2.45. The van der Waals surface area contributed by atoms with Crippen molar-refractivity contribution in [1.82, 2.24) is 10.3 Å². The third-order valence-corrected chi connectivity index (χ3v) is 4.06. The molecule has 1 amide bonds. The highest BCUT2D eigenvalue weighted by molar-refractivity contribution is 7.89. The molecule has 22 heavy (non-hydrogen) atoms. The molecule has 0 spiro atoms. The lowest BCUT2D eigenvalue weighted by atomic mass is 10.2. The van der Waals surface area contributed by atoms with E-state index >= 15 is 0 Å². The van der Waals surface area contributed by atoms with Gasteiger partial charge < -0.3 is 9.84 Å². The van der Waals surface area contributed by atoms with Crippen LogP contribution in [0.15, 0.2) is 53.4 Å². The molecule has 0 fully saturated rings. The van der Waals surface area contributed by atoms with Crippen molar-refractivity contribution in [3.63, 3.8) is 0 Å². The molecule has 2 rings (SSSR count). The van der Waals surface area contributed by atoms with Gasteiger partial charge in [-0.15, -0.1) is 4.83 Å². The lowest BCUT2D eigenvalue weighted by Gasteiger charge is -2.09. The molecular formula is C14H14N2O5S. The van der Waals surface area contributed by atoms with Crippen molar-refractivity contribution in [3.05, 3.63) is 54.1 Å².